The summed E-state index contributed by atoms with van der Waals surface area (Å²) in [6.07, 6.45) is 0. The summed E-state index contributed by atoms with van der Waals surface area (Å²) in [6, 6.07) is 0. The van der Waals surface area contributed by atoms with Crippen molar-refractivity contribution >= 4 is 17.4 Å². The van der Waals surface area contributed by atoms with Crippen LogP contribution in [0.3, 0.4) is 0 Å². The van der Waals surface area contributed by atoms with Gasteiger partial charge in [-0.05, 0) is 0 Å². The van der Waals surface area contributed by atoms with Gasteiger partial charge < -0.3 is 29.4 Å². The molecule has 0 heterocycles. The Hall–Kier alpha value is 5.44. The van der Waals surface area contributed by atoms with Gasteiger partial charge in [0, 0.05) is 0 Å². The second kappa shape index (κ2) is 30.1. The third-order valence-corrected chi connectivity index (χ3v) is 0. The van der Waals surface area contributed by atoms with Crippen molar-refractivity contribution in [2.45, 2.75) is 0 Å². The van der Waals surface area contributed by atoms with Crippen LogP contribution in [0, 0.1) is 0 Å². The molecule has 0 aromatic rings. The number of hydrogen-bond acceptors (Lipinski definition) is 1. The number of isothiocyanates is 1. The van der Waals surface area contributed by atoms with Crippen molar-refractivity contribution in [3.8, 4) is 0 Å². The summed E-state index contributed by atoms with van der Waals surface area (Å²) in [5, 5.41) is 8.47. The Labute approximate surface area is 194 Å². The van der Waals surface area contributed by atoms with Gasteiger partial charge in [0.2, 0.25) is 0 Å². The molecule has 0 aliphatic rings. The van der Waals surface area contributed by atoms with Gasteiger partial charge in [0.15, 0.2) is 0 Å². The number of nitrogens with zero attached hydrogens (tertiary/aromatic N) is 1. The molecule has 7 heavy (non-hydrogen) atoms. The molecule has 0 unspecified atom stereocenters. The molecule has 0 fully saturated rings. The fraction of sp³-hybridized carbons (Fsp3) is 0. The van der Waals surface area contributed by atoms with Gasteiger partial charge in [0.05, 0.1) is 0 Å². The van der Waals surface area contributed by atoms with E-state index in [2.05, 4.69) is 12.2 Å². The van der Waals surface area contributed by atoms with Gasteiger partial charge in [-0.1, -0.05) is 12.2 Å². The van der Waals surface area contributed by atoms with Crippen molar-refractivity contribution in [3.05, 3.63) is 5.41 Å². The number of rotatable bonds is 0. The van der Waals surface area contributed by atoms with E-state index >= 15 is 0 Å². The van der Waals surface area contributed by atoms with Crippen molar-refractivity contribution in [3.63, 3.8) is 0 Å². The van der Waals surface area contributed by atoms with Crippen LogP contribution in [0.15, 0.2) is 0 Å². The van der Waals surface area contributed by atoms with Gasteiger partial charge in [0.25, 0.3) is 0 Å². The summed E-state index contributed by atoms with van der Waals surface area (Å²) in [5.41, 5.74) is 0. The van der Waals surface area contributed by atoms with E-state index in [1.807, 2.05) is 0 Å². The van der Waals surface area contributed by atoms with Crippen LogP contribution in [0.4, 0.5) is 0 Å². The second-order valence-electron chi connectivity index (χ2n) is 0.0913. The standard InChI is InChI=1S/CNS.HI.3K/c2-1-3;;;;/h;1H;;;/q-1;;3*+1/p-1. The van der Waals surface area contributed by atoms with Gasteiger partial charge in [-0.15, -0.1) is 0 Å². The van der Waals surface area contributed by atoms with Crippen molar-refractivity contribution in [2.24, 2.45) is 0 Å². The summed E-state index contributed by atoms with van der Waals surface area (Å²) < 4.78 is 0. The Balaban J connectivity index is -0.00000000333. The number of hydrogen-bond donors (Lipinski definition) is 0. The Bertz CT molecular complexity index is 35.9. The molecule has 0 aromatic carbocycles. The molecule has 0 saturated heterocycles. The maximum Gasteiger partial charge on any atom is 1.00 e. The maximum atomic E-state index is 7.13. The Kier molecular flexibility index (Phi) is 126. The van der Waals surface area contributed by atoms with E-state index in [4.69, 9.17) is 5.41 Å². The molecule has 0 rings (SSSR count). The summed E-state index contributed by atoms with van der Waals surface area (Å²) in [7, 11) is 0. The van der Waals surface area contributed by atoms with E-state index in [-0.39, 0.29) is 178 Å². The van der Waals surface area contributed by atoms with Gasteiger partial charge >= 0.3 is 154 Å². The third kappa shape index (κ3) is 34.5. The zero-order valence-electron chi connectivity index (χ0n) is 4.73. The van der Waals surface area contributed by atoms with E-state index in [1.165, 1.54) is 5.16 Å². The summed E-state index contributed by atoms with van der Waals surface area (Å²) in [5.74, 6) is 0. The molecule has 0 spiro atoms. The zero-order valence-corrected chi connectivity index (χ0v) is 17.1. The molecular formula is CIK3NS+. The second-order valence-corrected chi connectivity index (χ2v) is 0.274. The van der Waals surface area contributed by atoms with E-state index in [0.29, 0.717) is 0 Å². The fourth-order valence-corrected chi connectivity index (χ4v) is 0. The van der Waals surface area contributed by atoms with E-state index in [1.54, 1.807) is 0 Å². The van der Waals surface area contributed by atoms with Crippen LogP contribution in [-0.4, -0.2) is 5.16 Å². The van der Waals surface area contributed by atoms with Crippen LogP contribution in [0.25, 0.3) is 5.41 Å². The first-order chi connectivity index (χ1) is 1.41. The molecule has 0 saturated carbocycles. The fourth-order valence-electron chi connectivity index (χ4n) is 0. The van der Waals surface area contributed by atoms with Gasteiger partial charge in [0.1, 0.15) is 0 Å². The minimum atomic E-state index is 0. The first kappa shape index (κ1) is 29.4. The summed E-state index contributed by atoms with van der Waals surface area (Å²) in [6.45, 7) is 0. The Morgan fingerprint density at radius 3 is 1.14 bits per heavy atom. The summed E-state index contributed by atoms with van der Waals surface area (Å²) in [4.78, 5) is 0. The van der Waals surface area contributed by atoms with Crippen LogP contribution in [-0.2, 0) is 0 Å². The van der Waals surface area contributed by atoms with Crippen molar-refractivity contribution in [1.82, 2.24) is 0 Å². The van der Waals surface area contributed by atoms with Crippen molar-refractivity contribution < 1.29 is 178 Å². The topological polar surface area (TPSA) is 22.3 Å². The van der Waals surface area contributed by atoms with Crippen molar-refractivity contribution in [1.29, 1.82) is 0 Å². The smallest absolute Gasteiger partial charge is 1.00 e. The normalized spacial score (nSPS) is 1.14. The van der Waals surface area contributed by atoms with Crippen molar-refractivity contribution in [2.75, 3.05) is 0 Å². The molecular weight excluding hydrogens is 302 g/mol. The summed E-state index contributed by atoms with van der Waals surface area (Å²) >= 11 is 3.70. The molecule has 6 heteroatoms. The van der Waals surface area contributed by atoms with E-state index < -0.39 is 0 Å². The predicted molar refractivity (Wildman–Crippen MR) is 16.0 cm³/mol. The number of halogens is 1. The third-order valence-electron chi connectivity index (χ3n) is 0. The van der Waals surface area contributed by atoms with E-state index in [0.717, 1.165) is 0 Å². The predicted octanol–water partition coefficient (Wildman–Crippen LogP) is -11.3. The van der Waals surface area contributed by atoms with Crippen LogP contribution in [0.1, 0.15) is 0 Å². The Morgan fingerprint density at radius 1 is 1.14 bits per heavy atom. The average Bonchev–Trinajstić information content (AvgIpc) is 0.918. The molecule has 0 amide bonds. The molecule has 0 N–H and O–H groups in total. The van der Waals surface area contributed by atoms with Crippen LogP contribution in [0.5, 0.6) is 0 Å². The molecule has 0 aliphatic heterocycles. The largest absolute Gasteiger partial charge is 1.00 e. The first-order valence-corrected chi connectivity index (χ1v) is 0.836. The number of thiocarbonyl (C=S) groups is 1. The molecule has 0 bridgehead atoms. The molecule has 0 atom stereocenters. The van der Waals surface area contributed by atoms with Crippen LogP contribution in [0.2, 0.25) is 0 Å². The monoisotopic (exact) mass is 302 g/mol. The molecule has 1 nitrogen and oxygen atoms in total. The van der Waals surface area contributed by atoms with E-state index in [9.17, 15) is 0 Å². The van der Waals surface area contributed by atoms with Gasteiger partial charge in [-0.3, -0.25) is 0 Å². The average molecular weight is 302 g/mol. The van der Waals surface area contributed by atoms with Crippen LogP contribution < -0.4 is 178 Å². The van der Waals surface area contributed by atoms with Gasteiger partial charge in [-0.25, -0.2) is 0 Å². The van der Waals surface area contributed by atoms with Gasteiger partial charge in [-0.2, -0.15) is 5.16 Å². The SMILES string of the molecule is [I-].[K+].[K+].[K+].[N-]=C=S. The molecule has 0 aromatic heterocycles. The first-order valence-electron chi connectivity index (χ1n) is 0.428. The Morgan fingerprint density at radius 2 is 1.14 bits per heavy atom. The molecule has 24 valence electrons. The minimum absolute atomic E-state index is 0. The molecule has 0 aliphatic carbocycles. The minimum Gasteiger partial charge on any atom is -1.00 e. The zero-order chi connectivity index (χ0) is 2.71. The maximum absolute atomic E-state index is 7.13. The quantitative estimate of drug-likeness (QED) is 0.189. The van der Waals surface area contributed by atoms with Crippen LogP contribution >= 0.6 is 12.2 Å². The molecule has 0 radical (unpaired) electrons.